The first-order valence-corrected chi connectivity index (χ1v) is 11.0. The third kappa shape index (κ3) is 8.40. The van der Waals surface area contributed by atoms with Crippen LogP contribution in [0.3, 0.4) is 0 Å². The van der Waals surface area contributed by atoms with Crippen molar-refractivity contribution in [3.8, 4) is 0 Å². The molecule has 1 amide bonds. The third-order valence-corrected chi connectivity index (χ3v) is 5.77. The maximum absolute atomic E-state index is 13.2. The van der Waals surface area contributed by atoms with E-state index >= 15 is 0 Å². The maximum Gasteiger partial charge on any atom is 0.305 e. The summed E-state index contributed by atoms with van der Waals surface area (Å²) < 4.78 is 4.72. The second-order valence-electron chi connectivity index (χ2n) is 7.93. The predicted octanol–water partition coefficient (Wildman–Crippen LogP) is 3.58. The lowest BCUT2D eigenvalue weighted by molar-refractivity contribution is -0.142. The molecule has 0 aliphatic carbocycles. The number of hydrogen-bond donors (Lipinski definition) is 2. The van der Waals surface area contributed by atoms with Crippen LogP contribution in [0.25, 0.3) is 0 Å². The van der Waals surface area contributed by atoms with E-state index in [2.05, 4.69) is 11.8 Å². The summed E-state index contributed by atoms with van der Waals surface area (Å²) in [5.74, 6) is 0.112. The van der Waals surface area contributed by atoms with E-state index in [9.17, 15) is 9.59 Å². The van der Waals surface area contributed by atoms with Crippen LogP contribution in [0, 0.1) is 11.3 Å². The Morgan fingerprint density at radius 3 is 2.29 bits per heavy atom. The summed E-state index contributed by atoms with van der Waals surface area (Å²) in [5, 5.41) is 7.50. The Bertz CT molecular complexity index is 703. The Labute approximate surface area is 192 Å². The van der Waals surface area contributed by atoms with E-state index in [0.29, 0.717) is 19.4 Å². The van der Waals surface area contributed by atoms with E-state index in [1.54, 1.807) is 0 Å². The Hall–Kier alpha value is -2.28. The lowest BCUT2D eigenvalue weighted by Gasteiger charge is -2.35. The summed E-state index contributed by atoms with van der Waals surface area (Å²) in [4.78, 5) is 28.8. The minimum absolute atomic E-state index is 0. The zero-order chi connectivity index (χ0) is 21.9. The molecule has 0 radical (unpaired) electrons. The van der Waals surface area contributed by atoms with E-state index in [-0.39, 0.29) is 36.0 Å². The number of nitrogens with two attached hydrogens (primary N) is 1. The number of ether oxygens (including phenoxy) is 1. The molecule has 31 heavy (non-hydrogen) atoms. The predicted molar refractivity (Wildman–Crippen MR) is 127 cm³/mol. The number of nitrogen functional groups attached to an aromatic ring is 1. The van der Waals surface area contributed by atoms with Gasteiger partial charge in [-0.25, -0.2) is 0 Å². The number of carbonyl (C=O) groups excluding carboxylic acids is 2. The molecule has 2 rings (SSSR count). The topological polar surface area (TPSA) is 99.7 Å². The van der Waals surface area contributed by atoms with Gasteiger partial charge in [-0.05, 0) is 49.9 Å². The highest BCUT2D eigenvalue weighted by molar-refractivity contribution is 5.95. The van der Waals surface area contributed by atoms with Gasteiger partial charge >= 0.3 is 5.97 Å². The molecule has 1 fully saturated rings. The van der Waals surface area contributed by atoms with E-state index in [4.69, 9.17) is 15.9 Å². The maximum atomic E-state index is 13.2. The summed E-state index contributed by atoms with van der Waals surface area (Å²) in [6.45, 7) is 5.20. The summed E-state index contributed by atoms with van der Waals surface area (Å²) in [6, 6.07) is 7.71. The van der Waals surface area contributed by atoms with Gasteiger partial charge < -0.3 is 20.3 Å². The van der Waals surface area contributed by atoms with Gasteiger partial charge in [0.2, 0.25) is 5.91 Å². The zero-order valence-electron chi connectivity index (χ0n) is 18.8. The minimum atomic E-state index is -0.222. The number of rotatable bonds is 11. The van der Waals surface area contributed by atoms with Crippen molar-refractivity contribution in [2.24, 2.45) is 11.7 Å². The lowest BCUT2D eigenvalue weighted by Crippen LogP contribution is -2.43. The van der Waals surface area contributed by atoms with E-state index < -0.39 is 0 Å². The number of anilines is 1. The molecule has 1 heterocycles. The number of halogens is 1. The van der Waals surface area contributed by atoms with Crippen LogP contribution >= 0.6 is 12.4 Å². The average molecular weight is 453 g/mol. The summed E-state index contributed by atoms with van der Waals surface area (Å²) in [5.41, 5.74) is 7.35. The highest BCUT2D eigenvalue weighted by atomic mass is 35.5. The number of benzene rings is 1. The van der Waals surface area contributed by atoms with Crippen LogP contribution in [0.4, 0.5) is 5.69 Å². The number of nitrogens with one attached hydrogen (secondary N) is 1. The Morgan fingerprint density at radius 1 is 1.13 bits per heavy atom. The molecule has 1 aromatic rings. The molecule has 1 aliphatic rings. The fraction of sp³-hybridized carbons (Fsp3) is 0.609. The number of carbonyl (C=O) groups is 2. The van der Waals surface area contributed by atoms with Crippen LogP contribution in [-0.4, -0.2) is 55.9 Å². The molecule has 1 saturated heterocycles. The van der Waals surface area contributed by atoms with Crippen LogP contribution in [0.1, 0.15) is 57.4 Å². The smallest absolute Gasteiger partial charge is 0.305 e. The first-order chi connectivity index (χ1) is 14.5. The monoisotopic (exact) mass is 452 g/mol. The molecule has 0 spiro atoms. The second-order valence-corrected chi connectivity index (χ2v) is 7.93. The van der Waals surface area contributed by atoms with Crippen molar-refractivity contribution < 1.29 is 14.3 Å². The van der Waals surface area contributed by atoms with Gasteiger partial charge in [-0.1, -0.05) is 19.8 Å². The highest BCUT2D eigenvalue weighted by Gasteiger charge is 2.28. The molecule has 0 atom stereocenters. The summed E-state index contributed by atoms with van der Waals surface area (Å²) in [7, 11) is 1.40. The Balaban J connectivity index is 0.00000480. The number of esters is 1. The molecule has 174 valence electrons. The molecule has 3 N–H and O–H groups in total. The first-order valence-electron chi connectivity index (χ1n) is 11.0. The lowest BCUT2D eigenvalue weighted by atomic mass is 9.94. The fourth-order valence-corrected chi connectivity index (χ4v) is 3.90. The number of amides is 1. The summed E-state index contributed by atoms with van der Waals surface area (Å²) >= 11 is 0. The molecule has 7 nitrogen and oxygen atoms in total. The average Bonchev–Trinajstić information content (AvgIpc) is 2.77. The molecule has 1 aromatic carbocycles. The third-order valence-electron chi connectivity index (χ3n) is 5.77. The van der Waals surface area contributed by atoms with Crippen molar-refractivity contribution in [1.82, 2.24) is 4.90 Å². The van der Waals surface area contributed by atoms with Crippen molar-refractivity contribution in [3.05, 3.63) is 29.8 Å². The molecule has 0 aromatic heterocycles. The molecule has 8 heteroatoms. The quantitative estimate of drug-likeness (QED) is 0.231. The van der Waals surface area contributed by atoms with Gasteiger partial charge in [0.25, 0.3) is 0 Å². The molecule has 0 unspecified atom stereocenters. The Kier molecular flexibility index (Phi) is 12.0. The van der Waals surface area contributed by atoms with Crippen LogP contribution in [0.15, 0.2) is 24.3 Å². The van der Waals surface area contributed by atoms with Crippen molar-refractivity contribution in [1.29, 1.82) is 5.41 Å². The Morgan fingerprint density at radius 2 is 1.74 bits per heavy atom. The van der Waals surface area contributed by atoms with Crippen molar-refractivity contribution >= 4 is 35.8 Å². The van der Waals surface area contributed by atoms with E-state index in [0.717, 1.165) is 63.0 Å². The molecule has 1 aliphatic heterocycles. The van der Waals surface area contributed by atoms with E-state index in [1.807, 2.05) is 29.2 Å². The first kappa shape index (κ1) is 26.8. The number of unbranched alkanes of at least 4 members (excludes halogenated alkanes) is 2. The van der Waals surface area contributed by atoms with Gasteiger partial charge in [0.05, 0.1) is 7.11 Å². The highest BCUT2D eigenvalue weighted by Crippen LogP contribution is 2.25. The van der Waals surface area contributed by atoms with Crippen molar-refractivity contribution in [2.75, 3.05) is 38.2 Å². The van der Waals surface area contributed by atoms with Crippen LogP contribution in [-0.2, 0) is 14.3 Å². The normalized spacial score (nSPS) is 13.9. The number of piperidine rings is 1. The van der Waals surface area contributed by atoms with Gasteiger partial charge in [0.15, 0.2) is 0 Å². The molecule has 0 saturated carbocycles. The van der Waals surface area contributed by atoms with Gasteiger partial charge in [-0.3, -0.25) is 15.0 Å². The molecular formula is C23H37ClN4O3. The van der Waals surface area contributed by atoms with Gasteiger partial charge in [-0.15, -0.1) is 12.4 Å². The van der Waals surface area contributed by atoms with Gasteiger partial charge in [-0.2, -0.15) is 0 Å². The zero-order valence-corrected chi connectivity index (χ0v) is 19.6. The number of methoxy groups -OCH3 is 1. The van der Waals surface area contributed by atoms with Crippen molar-refractivity contribution in [2.45, 2.75) is 51.9 Å². The van der Waals surface area contributed by atoms with Crippen molar-refractivity contribution in [3.63, 3.8) is 0 Å². The largest absolute Gasteiger partial charge is 0.469 e. The number of amidine groups is 1. The standard InChI is InChI=1S/C23H36N4O3.ClH/c1-3-4-5-14-27(15-6-7-21(28)30-2)23(29)19-12-16-26(17-13-19)20-10-8-18(9-11-20)22(24)25;/h8-11,19H,3-7,12-17H2,1-2H3,(H3,24,25);1H. The van der Waals surface area contributed by atoms with Gasteiger partial charge in [0, 0.05) is 49.8 Å². The molecule has 0 bridgehead atoms. The van der Waals surface area contributed by atoms with Crippen LogP contribution in [0.2, 0.25) is 0 Å². The second kappa shape index (κ2) is 13.9. The van der Waals surface area contributed by atoms with Crippen LogP contribution < -0.4 is 10.6 Å². The number of hydrogen-bond acceptors (Lipinski definition) is 5. The fourth-order valence-electron chi connectivity index (χ4n) is 3.90. The van der Waals surface area contributed by atoms with Gasteiger partial charge in [0.1, 0.15) is 5.84 Å². The number of nitrogens with zero attached hydrogens (tertiary/aromatic N) is 2. The molecular weight excluding hydrogens is 416 g/mol. The summed E-state index contributed by atoms with van der Waals surface area (Å²) in [6.07, 6.45) is 5.88. The minimum Gasteiger partial charge on any atom is -0.469 e. The van der Waals surface area contributed by atoms with Crippen LogP contribution in [0.5, 0.6) is 0 Å². The SMILES string of the molecule is CCCCCN(CCCC(=O)OC)C(=O)C1CCN(c2ccc(C(=N)N)cc2)CC1.Cl. The van der Waals surface area contributed by atoms with E-state index in [1.165, 1.54) is 7.11 Å².